The predicted octanol–water partition coefficient (Wildman–Crippen LogP) is 2.68. The number of hydrogen-bond acceptors (Lipinski definition) is 2. The molecule has 1 aliphatic rings. The molecule has 0 saturated heterocycles. The molecule has 0 bridgehead atoms. The lowest BCUT2D eigenvalue weighted by Gasteiger charge is -2.36. The minimum atomic E-state index is -0.427. The summed E-state index contributed by atoms with van der Waals surface area (Å²) in [4.78, 5) is 0. The molecule has 0 amide bonds. The maximum Gasteiger partial charge on any atom is 0.0654 e. The fraction of sp³-hybridized carbons (Fsp3) is 0.786. The molecule has 1 aliphatic carbocycles. The summed E-state index contributed by atoms with van der Waals surface area (Å²) in [5.41, 5.74) is 0.792. The second kappa shape index (κ2) is 5.21. The fourth-order valence-electron chi connectivity index (χ4n) is 3.04. The maximum absolute atomic E-state index is 10.6. The van der Waals surface area contributed by atoms with Gasteiger partial charge in [-0.2, -0.15) is 5.10 Å². The Bertz CT molecular complexity index is 361. The normalized spacial score (nSPS) is 29.5. The third-order valence-electron chi connectivity index (χ3n) is 4.27. The molecule has 0 radical (unpaired) electrons. The highest BCUT2D eigenvalue weighted by Gasteiger charge is 2.33. The number of aliphatic hydroxyl groups is 1. The minimum Gasteiger partial charge on any atom is -0.390 e. The van der Waals surface area contributed by atoms with Crippen molar-refractivity contribution in [3.63, 3.8) is 0 Å². The summed E-state index contributed by atoms with van der Waals surface area (Å²) in [5, 5.41) is 14.8. The Labute approximate surface area is 104 Å². The number of aromatic nitrogens is 2. The van der Waals surface area contributed by atoms with E-state index in [4.69, 9.17) is 0 Å². The van der Waals surface area contributed by atoms with Crippen molar-refractivity contribution in [1.29, 1.82) is 0 Å². The van der Waals surface area contributed by atoms with Gasteiger partial charge in [0.1, 0.15) is 0 Å². The van der Waals surface area contributed by atoms with Crippen molar-refractivity contribution in [3.05, 3.63) is 18.0 Å². The zero-order valence-corrected chi connectivity index (χ0v) is 11.0. The van der Waals surface area contributed by atoms with Gasteiger partial charge in [-0.3, -0.25) is 4.68 Å². The number of rotatable bonds is 4. The highest BCUT2D eigenvalue weighted by Crippen LogP contribution is 2.36. The van der Waals surface area contributed by atoms with E-state index in [0.29, 0.717) is 0 Å². The first-order chi connectivity index (χ1) is 8.13. The zero-order valence-electron chi connectivity index (χ0n) is 11.0. The largest absolute Gasteiger partial charge is 0.390 e. The minimum absolute atomic E-state index is 0.427. The van der Waals surface area contributed by atoms with Gasteiger partial charge in [0.25, 0.3) is 0 Å². The Morgan fingerprint density at radius 2 is 2.41 bits per heavy atom. The van der Waals surface area contributed by atoms with Crippen LogP contribution in [0.3, 0.4) is 0 Å². The van der Waals surface area contributed by atoms with E-state index in [1.54, 1.807) is 0 Å². The Balaban J connectivity index is 1.91. The summed E-state index contributed by atoms with van der Waals surface area (Å²) in [6, 6.07) is 2.05. The lowest BCUT2D eigenvalue weighted by Crippen LogP contribution is -2.35. The van der Waals surface area contributed by atoms with Crippen molar-refractivity contribution in [1.82, 2.24) is 9.78 Å². The van der Waals surface area contributed by atoms with Crippen molar-refractivity contribution >= 4 is 0 Å². The topological polar surface area (TPSA) is 38.1 Å². The molecule has 0 aliphatic heterocycles. The molecule has 1 aromatic rings. The quantitative estimate of drug-likeness (QED) is 0.873. The molecule has 3 nitrogen and oxygen atoms in total. The Hall–Kier alpha value is -0.830. The van der Waals surface area contributed by atoms with Crippen LogP contribution in [0.1, 0.15) is 51.1 Å². The molecular formula is C14H24N2O. The molecule has 2 rings (SSSR count). The van der Waals surface area contributed by atoms with Gasteiger partial charge in [-0.05, 0) is 37.7 Å². The summed E-state index contributed by atoms with van der Waals surface area (Å²) in [6.45, 7) is 2.23. The van der Waals surface area contributed by atoms with E-state index < -0.39 is 5.60 Å². The summed E-state index contributed by atoms with van der Waals surface area (Å²) in [5.74, 6) is 0.722. The van der Waals surface area contributed by atoms with Gasteiger partial charge in [0.15, 0.2) is 0 Å². The molecule has 1 N–H and O–H groups in total. The lowest BCUT2D eigenvalue weighted by atomic mass is 9.75. The van der Waals surface area contributed by atoms with Crippen molar-refractivity contribution in [2.75, 3.05) is 0 Å². The highest BCUT2D eigenvalue weighted by molar-refractivity contribution is 5.01. The SMILES string of the molecule is CCC1CCCC(O)(CCc2ccnn2C)C1. The summed E-state index contributed by atoms with van der Waals surface area (Å²) in [7, 11) is 1.97. The third kappa shape index (κ3) is 3.09. The van der Waals surface area contributed by atoms with Crippen LogP contribution >= 0.6 is 0 Å². The molecule has 0 aromatic carbocycles. The Morgan fingerprint density at radius 3 is 3.06 bits per heavy atom. The highest BCUT2D eigenvalue weighted by atomic mass is 16.3. The van der Waals surface area contributed by atoms with E-state index in [0.717, 1.165) is 31.6 Å². The average molecular weight is 236 g/mol. The van der Waals surface area contributed by atoms with Crippen molar-refractivity contribution in [2.45, 2.75) is 57.5 Å². The standard InChI is InChI=1S/C14H24N2O/c1-3-12-5-4-8-14(17,11-12)9-6-13-7-10-15-16(13)2/h7,10,12,17H,3-6,8-9,11H2,1-2H3. The number of aryl methyl sites for hydroxylation is 2. The van der Waals surface area contributed by atoms with Crippen LogP contribution in [0.25, 0.3) is 0 Å². The van der Waals surface area contributed by atoms with Crippen molar-refractivity contribution in [2.24, 2.45) is 13.0 Å². The fourth-order valence-corrected chi connectivity index (χ4v) is 3.04. The molecule has 96 valence electrons. The Kier molecular flexibility index (Phi) is 3.87. The summed E-state index contributed by atoms with van der Waals surface area (Å²) in [6.07, 6.45) is 9.28. The zero-order chi connectivity index (χ0) is 12.3. The monoisotopic (exact) mass is 236 g/mol. The molecule has 1 aromatic heterocycles. The van der Waals surface area contributed by atoms with E-state index in [1.807, 2.05) is 24.0 Å². The van der Waals surface area contributed by atoms with E-state index >= 15 is 0 Å². The van der Waals surface area contributed by atoms with Crippen LogP contribution in [0.4, 0.5) is 0 Å². The van der Waals surface area contributed by atoms with Crippen LogP contribution in [-0.2, 0) is 13.5 Å². The lowest BCUT2D eigenvalue weighted by molar-refractivity contribution is -0.0237. The number of hydrogen-bond donors (Lipinski definition) is 1. The van der Waals surface area contributed by atoms with Gasteiger partial charge in [0.2, 0.25) is 0 Å². The van der Waals surface area contributed by atoms with Gasteiger partial charge >= 0.3 is 0 Å². The molecule has 2 atom stereocenters. The van der Waals surface area contributed by atoms with E-state index in [-0.39, 0.29) is 0 Å². The maximum atomic E-state index is 10.6. The first kappa shape index (κ1) is 12.6. The number of nitrogens with zero attached hydrogens (tertiary/aromatic N) is 2. The first-order valence-electron chi connectivity index (χ1n) is 6.82. The van der Waals surface area contributed by atoms with Gasteiger partial charge in [-0.25, -0.2) is 0 Å². The summed E-state index contributed by atoms with van der Waals surface area (Å²) < 4.78 is 1.91. The summed E-state index contributed by atoms with van der Waals surface area (Å²) >= 11 is 0. The van der Waals surface area contributed by atoms with E-state index in [9.17, 15) is 5.11 Å². The molecule has 3 heteroatoms. The molecule has 1 heterocycles. The Morgan fingerprint density at radius 1 is 1.59 bits per heavy atom. The molecule has 17 heavy (non-hydrogen) atoms. The van der Waals surface area contributed by atoms with Gasteiger partial charge in [0, 0.05) is 18.9 Å². The first-order valence-corrected chi connectivity index (χ1v) is 6.82. The van der Waals surface area contributed by atoms with Gasteiger partial charge in [-0.1, -0.05) is 26.2 Å². The molecule has 0 spiro atoms. The van der Waals surface area contributed by atoms with Crippen LogP contribution in [0, 0.1) is 5.92 Å². The average Bonchev–Trinajstić information content (AvgIpc) is 2.72. The van der Waals surface area contributed by atoms with Crippen molar-refractivity contribution < 1.29 is 5.11 Å². The van der Waals surface area contributed by atoms with Crippen LogP contribution in [0.2, 0.25) is 0 Å². The van der Waals surface area contributed by atoms with Crippen LogP contribution in [0.15, 0.2) is 12.3 Å². The molecule has 1 saturated carbocycles. The van der Waals surface area contributed by atoms with E-state index in [2.05, 4.69) is 12.0 Å². The molecule has 1 fully saturated rings. The van der Waals surface area contributed by atoms with Crippen LogP contribution in [0.5, 0.6) is 0 Å². The van der Waals surface area contributed by atoms with E-state index in [1.165, 1.54) is 25.0 Å². The van der Waals surface area contributed by atoms with Crippen LogP contribution < -0.4 is 0 Å². The second-order valence-corrected chi connectivity index (χ2v) is 5.54. The van der Waals surface area contributed by atoms with Gasteiger partial charge in [-0.15, -0.1) is 0 Å². The predicted molar refractivity (Wildman–Crippen MR) is 68.7 cm³/mol. The van der Waals surface area contributed by atoms with Gasteiger partial charge < -0.3 is 5.11 Å². The van der Waals surface area contributed by atoms with Gasteiger partial charge in [0.05, 0.1) is 5.60 Å². The van der Waals surface area contributed by atoms with Crippen molar-refractivity contribution in [3.8, 4) is 0 Å². The molecular weight excluding hydrogens is 212 g/mol. The molecule has 2 unspecified atom stereocenters. The smallest absolute Gasteiger partial charge is 0.0654 e. The second-order valence-electron chi connectivity index (χ2n) is 5.54. The third-order valence-corrected chi connectivity index (χ3v) is 4.27. The van der Waals surface area contributed by atoms with Crippen LogP contribution in [-0.4, -0.2) is 20.5 Å².